The molecule has 0 amide bonds. The number of aliphatic hydroxyl groups is 1. The van der Waals surface area contributed by atoms with Crippen LogP contribution >= 0.6 is 0 Å². The van der Waals surface area contributed by atoms with E-state index in [1.54, 1.807) is 0 Å². The van der Waals surface area contributed by atoms with Gasteiger partial charge in [-0.3, -0.25) is 0 Å². The van der Waals surface area contributed by atoms with E-state index in [2.05, 4.69) is 0 Å². The van der Waals surface area contributed by atoms with E-state index in [-0.39, 0.29) is 6.42 Å². The van der Waals surface area contributed by atoms with Crippen LogP contribution in [0.15, 0.2) is 0 Å². The third kappa shape index (κ3) is 2.69. The highest BCUT2D eigenvalue weighted by molar-refractivity contribution is 5.50. The summed E-state index contributed by atoms with van der Waals surface area (Å²) in [6, 6.07) is 0. The third-order valence-electron chi connectivity index (χ3n) is 0.845. The van der Waals surface area contributed by atoms with Gasteiger partial charge in [0.1, 0.15) is 12.5 Å². The van der Waals surface area contributed by atoms with Crippen molar-refractivity contribution >= 4 is 6.29 Å². The van der Waals surface area contributed by atoms with Crippen molar-refractivity contribution in [2.24, 2.45) is 0 Å². The number of hydrogen-bond acceptors (Lipinski definition) is 2. The summed E-state index contributed by atoms with van der Waals surface area (Å²) in [6.07, 6.45) is -2.18. The molecule has 2 nitrogen and oxygen atoms in total. The number of aldehydes is 1. The zero-order valence-corrected chi connectivity index (χ0v) is 4.67. The standard InChI is InChI=1S/C5H9FO2/c1-4(8)5(6)2-3-7/h3-5,8H,2H2,1H3/t4-,5+/m1/s1. The number of aliphatic hydroxyl groups excluding tert-OH is 1. The van der Waals surface area contributed by atoms with Gasteiger partial charge in [0.25, 0.3) is 0 Å². The monoisotopic (exact) mass is 120 g/mol. The molecule has 0 bridgehead atoms. The summed E-state index contributed by atoms with van der Waals surface area (Å²) in [5.41, 5.74) is 0. The summed E-state index contributed by atoms with van der Waals surface area (Å²) in [7, 11) is 0. The van der Waals surface area contributed by atoms with Crippen molar-refractivity contribution in [2.75, 3.05) is 0 Å². The van der Waals surface area contributed by atoms with Crippen molar-refractivity contribution in [3.05, 3.63) is 0 Å². The van der Waals surface area contributed by atoms with Gasteiger partial charge in [0, 0.05) is 6.42 Å². The van der Waals surface area contributed by atoms with Gasteiger partial charge in [-0.25, -0.2) is 4.39 Å². The molecule has 0 aromatic rings. The van der Waals surface area contributed by atoms with E-state index in [1.807, 2.05) is 0 Å². The fraction of sp³-hybridized carbons (Fsp3) is 0.800. The fourth-order valence-corrected chi connectivity index (χ4v) is 0.289. The molecular formula is C5H9FO2. The molecule has 0 spiro atoms. The minimum absolute atomic E-state index is 0.211. The summed E-state index contributed by atoms with van der Waals surface area (Å²) in [5, 5.41) is 8.42. The average Bonchev–Trinajstić information content (AvgIpc) is 1.67. The van der Waals surface area contributed by atoms with E-state index in [9.17, 15) is 9.18 Å². The molecular weight excluding hydrogens is 111 g/mol. The van der Waals surface area contributed by atoms with Gasteiger partial charge < -0.3 is 9.90 Å². The van der Waals surface area contributed by atoms with E-state index in [4.69, 9.17) is 5.11 Å². The number of halogens is 1. The number of alkyl halides is 1. The van der Waals surface area contributed by atoms with Crippen LogP contribution in [0.5, 0.6) is 0 Å². The Morgan fingerprint density at radius 3 is 2.50 bits per heavy atom. The first kappa shape index (κ1) is 7.56. The van der Waals surface area contributed by atoms with Gasteiger partial charge >= 0.3 is 0 Å². The highest BCUT2D eigenvalue weighted by Crippen LogP contribution is 1.99. The molecule has 0 saturated carbocycles. The first-order valence-electron chi connectivity index (χ1n) is 2.44. The molecule has 0 saturated heterocycles. The zero-order valence-electron chi connectivity index (χ0n) is 4.67. The lowest BCUT2D eigenvalue weighted by molar-refractivity contribution is -0.109. The predicted molar refractivity (Wildman–Crippen MR) is 27.3 cm³/mol. The number of rotatable bonds is 3. The molecule has 3 heteroatoms. The molecule has 0 rings (SSSR count). The lowest BCUT2D eigenvalue weighted by atomic mass is 10.2. The first-order chi connectivity index (χ1) is 3.68. The zero-order chi connectivity index (χ0) is 6.57. The Hall–Kier alpha value is -0.440. The maximum atomic E-state index is 12.0. The minimum atomic E-state index is -1.40. The van der Waals surface area contributed by atoms with E-state index in [0.717, 1.165) is 0 Å². The van der Waals surface area contributed by atoms with E-state index in [0.29, 0.717) is 6.29 Å². The molecule has 0 aromatic carbocycles. The van der Waals surface area contributed by atoms with Crippen molar-refractivity contribution < 1.29 is 14.3 Å². The van der Waals surface area contributed by atoms with Crippen LogP contribution in [0.25, 0.3) is 0 Å². The summed E-state index contributed by atoms with van der Waals surface area (Å²) < 4.78 is 12.0. The van der Waals surface area contributed by atoms with Crippen LogP contribution in [-0.4, -0.2) is 23.7 Å². The largest absolute Gasteiger partial charge is 0.390 e. The summed E-state index contributed by atoms with van der Waals surface area (Å²) in [6.45, 7) is 1.31. The number of carbonyl (C=O) groups is 1. The van der Waals surface area contributed by atoms with E-state index >= 15 is 0 Å². The van der Waals surface area contributed by atoms with Crippen LogP contribution in [0.2, 0.25) is 0 Å². The molecule has 1 N–H and O–H groups in total. The van der Waals surface area contributed by atoms with Gasteiger partial charge in [0.05, 0.1) is 6.10 Å². The highest BCUT2D eigenvalue weighted by atomic mass is 19.1. The SMILES string of the molecule is C[C@@H](O)[C@@H](F)CC=O. The van der Waals surface area contributed by atoms with Crippen LogP contribution in [0, 0.1) is 0 Å². The Bertz CT molecular complexity index is 72.8. The third-order valence-corrected chi connectivity index (χ3v) is 0.845. The maximum absolute atomic E-state index is 12.0. The summed E-state index contributed by atoms with van der Waals surface area (Å²) in [5.74, 6) is 0. The molecule has 8 heavy (non-hydrogen) atoms. The van der Waals surface area contributed by atoms with Gasteiger partial charge in [-0.15, -0.1) is 0 Å². The van der Waals surface area contributed by atoms with Crippen LogP contribution in [-0.2, 0) is 4.79 Å². The topological polar surface area (TPSA) is 37.3 Å². The van der Waals surface area contributed by atoms with Crippen LogP contribution in [0.3, 0.4) is 0 Å². The minimum Gasteiger partial charge on any atom is -0.390 e. The second kappa shape index (κ2) is 3.55. The van der Waals surface area contributed by atoms with Crippen molar-refractivity contribution in [3.8, 4) is 0 Å². The quantitative estimate of drug-likeness (QED) is 0.544. The number of hydrogen-bond donors (Lipinski definition) is 1. The predicted octanol–water partition coefficient (Wildman–Crippen LogP) is 0.294. The van der Waals surface area contributed by atoms with Crippen LogP contribution in [0.4, 0.5) is 4.39 Å². The molecule has 0 fully saturated rings. The maximum Gasteiger partial charge on any atom is 0.132 e. The van der Waals surface area contributed by atoms with Crippen molar-refractivity contribution in [2.45, 2.75) is 25.6 Å². The molecule has 0 aromatic heterocycles. The summed E-state index contributed by atoms with van der Waals surface area (Å²) >= 11 is 0. The molecule has 0 heterocycles. The molecule has 2 atom stereocenters. The molecule has 0 aliphatic heterocycles. The van der Waals surface area contributed by atoms with Gasteiger partial charge in [-0.05, 0) is 6.92 Å². The number of carbonyl (C=O) groups excluding carboxylic acids is 1. The van der Waals surface area contributed by atoms with E-state index < -0.39 is 12.3 Å². The molecule has 0 aliphatic carbocycles. The molecule has 0 aliphatic rings. The van der Waals surface area contributed by atoms with Gasteiger partial charge in [0.2, 0.25) is 0 Å². The smallest absolute Gasteiger partial charge is 0.132 e. The molecule has 48 valence electrons. The average molecular weight is 120 g/mol. The second-order valence-corrected chi connectivity index (χ2v) is 1.66. The Kier molecular flexibility index (Phi) is 3.35. The first-order valence-corrected chi connectivity index (χ1v) is 2.44. The van der Waals surface area contributed by atoms with Gasteiger partial charge in [0.15, 0.2) is 0 Å². The van der Waals surface area contributed by atoms with E-state index in [1.165, 1.54) is 6.92 Å². The second-order valence-electron chi connectivity index (χ2n) is 1.66. The van der Waals surface area contributed by atoms with Gasteiger partial charge in [-0.1, -0.05) is 0 Å². The molecule has 0 unspecified atom stereocenters. The highest BCUT2D eigenvalue weighted by Gasteiger charge is 2.10. The van der Waals surface area contributed by atoms with Gasteiger partial charge in [-0.2, -0.15) is 0 Å². The van der Waals surface area contributed by atoms with Crippen LogP contribution < -0.4 is 0 Å². The van der Waals surface area contributed by atoms with Crippen molar-refractivity contribution in [1.29, 1.82) is 0 Å². The molecule has 0 radical (unpaired) electrons. The normalized spacial score (nSPS) is 17.4. The van der Waals surface area contributed by atoms with Crippen LogP contribution in [0.1, 0.15) is 13.3 Å². The van der Waals surface area contributed by atoms with Crippen molar-refractivity contribution in [3.63, 3.8) is 0 Å². The summed E-state index contributed by atoms with van der Waals surface area (Å²) in [4.78, 5) is 9.57. The Balaban J connectivity index is 3.30. The lowest BCUT2D eigenvalue weighted by Gasteiger charge is -2.04. The Labute approximate surface area is 47.3 Å². The van der Waals surface area contributed by atoms with Crippen molar-refractivity contribution in [1.82, 2.24) is 0 Å². The Morgan fingerprint density at radius 2 is 2.38 bits per heavy atom. The fourth-order valence-electron chi connectivity index (χ4n) is 0.289. The lowest BCUT2D eigenvalue weighted by Crippen LogP contribution is -2.17. The Morgan fingerprint density at radius 1 is 1.88 bits per heavy atom.